The van der Waals surface area contributed by atoms with Gasteiger partial charge in [-0.15, -0.1) is 0 Å². The molecule has 0 unspecified atom stereocenters. The standard InChI is InChI=1S/C21H24ClN3/c1-15-5-10-19-20(12-15)25(13-17-6-8-18(22)9-7-17)21(23-19)14-24-11-3-4-16(24)2/h5-10,12,16H,3-4,11,13-14H2,1-2H3/t16-/m1/s1. The lowest BCUT2D eigenvalue weighted by atomic mass is 10.2. The van der Waals surface area contributed by atoms with Crippen molar-refractivity contribution >= 4 is 22.6 Å². The summed E-state index contributed by atoms with van der Waals surface area (Å²) in [5.74, 6) is 1.16. The summed E-state index contributed by atoms with van der Waals surface area (Å²) in [4.78, 5) is 7.51. The van der Waals surface area contributed by atoms with Crippen LogP contribution in [0.1, 0.15) is 36.7 Å². The van der Waals surface area contributed by atoms with Crippen LogP contribution < -0.4 is 0 Å². The first-order valence-corrected chi connectivity index (χ1v) is 9.42. The van der Waals surface area contributed by atoms with Crippen molar-refractivity contribution in [1.82, 2.24) is 14.5 Å². The van der Waals surface area contributed by atoms with Gasteiger partial charge in [-0.05, 0) is 68.6 Å². The number of nitrogens with zero attached hydrogens (tertiary/aromatic N) is 3. The maximum absolute atomic E-state index is 6.04. The van der Waals surface area contributed by atoms with Crippen molar-refractivity contribution in [2.75, 3.05) is 6.54 Å². The zero-order valence-corrected chi connectivity index (χ0v) is 15.6. The summed E-state index contributed by atoms with van der Waals surface area (Å²) in [5, 5.41) is 0.779. The van der Waals surface area contributed by atoms with Gasteiger partial charge in [-0.2, -0.15) is 0 Å². The second-order valence-electron chi connectivity index (χ2n) is 7.19. The number of imidazole rings is 1. The van der Waals surface area contributed by atoms with Gasteiger partial charge in [0.25, 0.3) is 0 Å². The van der Waals surface area contributed by atoms with Gasteiger partial charge in [0.2, 0.25) is 0 Å². The predicted molar refractivity (Wildman–Crippen MR) is 104 cm³/mol. The molecule has 4 rings (SSSR count). The molecule has 1 aliphatic rings. The first-order chi connectivity index (χ1) is 12.1. The van der Waals surface area contributed by atoms with Gasteiger partial charge in [-0.25, -0.2) is 4.98 Å². The first-order valence-electron chi connectivity index (χ1n) is 9.04. The molecule has 3 nitrogen and oxygen atoms in total. The molecular weight excluding hydrogens is 330 g/mol. The van der Waals surface area contributed by atoms with E-state index in [1.807, 2.05) is 12.1 Å². The summed E-state index contributed by atoms with van der Waals surface area (Å²) in [5.41, 5.74) is 4.82. The fourth-order valence-electron chi connectivity index (χ4n) is 3.76. The Morgan fingerprint density at radius 1 is 1.12 bits per heavy atom. The van der Waals surface area contributed by atoms with Crippen LogP contribution in [0.5, 0.6) is 0 Å². The smallest absolute Gasteiger partial charge is 0.124 e. The number of fused-ring (bicyclic) bond motifs is 1. The molecule has 130 valence electrons. The third-order valence-electron chi connectivity index (χ3n) is 5.27. The Bertz CT molecular complexity index is 882. The van der Waals surface area contributed by atoms with E-state index < -0.39 is 0 Å². The Labute approximate surface area is 154 Å². The molecule has 2 heterocycles. The highest BCUT2D eigenvalue weighted by Crippen LogP contribution is 2.24. The lowest BCUT2D eigenvalue weighted by molar-refractivity contribution is 0.251. The summed E-state index contributed by atoms with van der Waals surface area (Å²) in [7, 11) is 0. The second-order valence-corrected chi connectivity index (χ2v) is 7.63. The maximum Gasteiger partial charge on any atom is 0.124 e. The molecule has 4 heteroatoms. The van der Waals surface area contributed by atoms with Crippen molar-refractivity contribution in [3.63, 3.8) is 0 Å². The maximum atomic E-state index is 6.04. The molecular formula is C21H24ClN3. The van der Waals surface area contributed by atoms with Crippen molar-refractivity contribution in [2.45, 2.75) is 45.8 Å². The van der Waals surface area contributed by atoms with Gasteiger partial charge < -0.3 is 4.57 Å². The monoisotopic (exact) mass is 353 g/mol. The third-order valence-corrected chi connectivity index (χ3v) is 5.52. The second kappa shape index (κ2) is 6.81. The van der Waals surface area contributed by atoms with Gasteiger partial charge in [0.05, 0.1) is 17.6 Å². The van der Waals surface area contributed by atoms with Gasteiger partial charge in [0, 0.05) is 17.6 Å². The molecule has 2 aromatic carbocycles. The Balaban J connectivity index is 1.74. The van der Waals surface area contributed by atoms with Crippen molar-refractivity contribution in [2.24, 2.45) is 0 Å². The molecule has 25 heavy (non-hydrogen) atoms. The molecule has 0 aliphatic carbocycles. The topological polar surface area (TPSA) is 21.1 Å². The number of aryl methyl sites for hydroxylation is 1. The number of hydrogen-bond acceptors (Lipinski definition) is 2. The largest absolute Gasteiger partial charge is 0.322 e. The van der Waals surface area contributed by atoms with Crippen LogP contribution in [-0.2, 0) is 13.1 Å². The Morgan fingerprint density at radius 3 is 2.64 bits per heavy atom. The van der Waals surface area contributed by atoms with Gasteiger partial charge in [0.15, 0.2) is 0 Å². The minimum atomic E-state index is 0.644. The number of rotatable bonds is 4. The molecule has 3 aromatic rings. The van der Waals surface area contributed by atoms with Crippen LogP contribution >= 0.6 is 11.6 Å². The van der Waals surface area contributed by atoms with Gasteiger partial charge >= 0.3 is 0 Å². The van der Waals surface area contributed by atoms with Crippen molar-refractivity contribution in [1.29, 1.82) is 0 Å². The summed E-state index contributed by atoms with van der Waals surface area (Å²) in [6, 6.07) is 15.3. The average molecular weight is 354 g/mol. The third kappa shape index (κ3) is 3.44. The minimum absolute atomic E-state index is 0.644. The SMILES string of the molecule is Cc1ccc2nc(CN3CCC[C@H]3C)n(Cc3ccc(Cl)cc3)c2c1. The summed E-state index contributed by atoms with van der Waals surface area (Å²) in [6.07, 6.45) is 2.58. The molecule has 0 bridgehead atoms. The van der Waals surface area contributed by atoms with Crippen molar-refractivity contribution in [3.05, 3.63) is 64.4 Å². The van der Waals surface area contributed by atoms with E-state index >= 15 is 0 Å². The molecule has 0 amide bonds. The molecule has 1 atom stereocenters. The zero-order valence-electron chi connectivity index (χ0n) is 14.9. The van der Waals surface area contributed by atoms with Crippen LogP contribution in [-0.4, -0.2) is 27.0 Å². The Morgan fingerprint density at radius 2 is 1.92 bits per heavy atom. The van der Waals surface area contributed by atoms with Gasteiger partial charge in [0.1, 0.15) is 5.82 Å². The number of aromatic nitrogens is 2. The van der Waals surface area contributed by atoms with E-state index in [0.29, 0.717) is 6.04 Å². The normalized spacial score (nSPS) is 18.3. The Hall–Kier alpha value is -1.84. The van der Waals surface area contributed by atoms with Crippen LogP contribution in [0.25, 0.3) is 11.0 Å². The van der Waals surface area contributed by atoms with Gasteiger partial charge in [-0.3, -0.25) is 4.90 Å². The molecule has 1 aliphatic heterocycles. The predicted octanol–water partition coefficient (Wildman–Crippen LogP) is 5.03. The summed E-state index contributed by atoms with van der Waals surface area (Å²) < 4.78 is 2.37. The number of halogens is 1. The molecule has 0 N–H and O–H groups in total. The molecule has 0 radical (unpaired) electrons. The van der Waals surface area contributed by atoms with E-state index in [2.05, 4.69) is 53.6 Å². The van der Waals surface area contributed by atoms with Crippen LogP contribution in [0, 0.1) is 6.92 Å². The quantitative estimate of drug-likeness (QED) is 0.655. The Kier molecular flexibility index (Phi) is 4.53. The van der Waals surface area contributed by atoms with Gasteiger partial charge in [-0.1, -0.05) is 29.8 Å². The first kappa shape index (κ1) is 16.6. The highest BCUT2D eigenvalue weighted by molar-refractivity contribution is 6.30. The highest BCUT2D eigenvalue weighted by Gasteiger charge is 2.23. The van der Waals surface area contributed by atoms with E-state index in [0.717, 1.165) is 29.5 Å². The van der Waals surface area contributed by atoms with Crippen molar-refractivity contribution < 1.29 is 0 Å². The minimum Gasteiger partial charge on any atom is -0.322 e. The van der Waals surface area contributed by atoms with Crippen LogP contribution in [0.15, 0.2) is 42.5 Å². The van der Waals surface area contributed by atoms with Crippen LogP contribution in [0.3, 0.4) is 0 Å². The van der Waals surface area contributed by atoms with E-state index in [1.54, 1.807) is 0 Å². The zero-order chi connectivity index (χ0) is 17.4. The number of hydrogen-bond donors (Lipinski definition) is 0. The number of benzene rings is 2. The fraction of sp³-hybridized carbons (Fsp3) is 0.381. The van der Waals surface area contributed by atoms with Crippen LogP contribution in [0.4, 0.5) is 0 Å². The van der Waals surface area contributed by atoms with Crippen LogP contribution in [0.2, 0.25) is 5.02 Å². The lowest BCUT2D eigenvalue weighted by Gasteiger charge is -2.21. The molecule has 0 saturated carbocycles. The lowest BCUT2D eigenvalue weighted by Crippen LogP contribution is -2.28. The number of likely N-dealkylation sites (tertiary alicyclic amines) is 1. The highest BCUT2D eigenvalue weighted by atomic mass is 35.5. The van der Waals surface area contributed by atoms with E-state index in [9.17, 15) is 0 Å². The van der Waals surface area contributed by atoms with Crippen molar-refractivity contribution in [3.8, 4) is 0 Å². The summed E-state index contributed by atoms with van der Waals surface area (Å²) >= 11 is 6.04. The fourth-order valence-corrected chi connectivity index (χ4v) is 3.89. The van der Waals surface area contributed by atoms with E-state index in [1.165, 1.54) is 36.0 Å². The molecule has 1 fully saturated rings. The van der Waals surface area contributed by atoms with E-state index in [-0.39, 0.29) is 0 Å². The van der Waals surface area contributed by atoms with E-state index in [4.69, 9.17) is 16.6 Å². The molecule has 1 saturated heterocycles. The average Bonchev–Trinajstić information content (AvgIpc) is 3.14. The molecule has 0 spiro atoms. The summed E-state index contributed by atoms with van der Waals surface area (Å²) in [6.45, 7) is 7.38. The molecule has 1 aromatic heterocycles.